The highest BCUT2D eigenvalue weighted by molar-refractivity contribution is 8.02. The zero-order valence-corrected chi connectivity index (χ0v) is 30.2. The van der Waals surface area contributed by atoms with Crippen molar-refractivity contribution in [1.82, 2.24) is 20.9 Å². The number of nitrogens with zero attached hydrogens (tertiary/aromatic N) is 2. The molecule has 4 rings (SSSR count). The van der Waals surface area contributed by atoms with Gasteiger partial charge < -0.3 is 36.3 Å². The van der Waals surface area contributed by atoms with Crippen LogP contribution in [0.25, 0.3) is 0 Å². The van der Waals surface area contributed by atoms with Crippen LogP contribution in [0.5, 0.6) is 0 Å². The number of allylic oxidation sites excluding steroid dienone is 3. The van der Waals surface area contributed by atoms with Crippen molar-refractivity contribution < 1.29 is 19.2 Å². The number of benzene rings is 1. The fourth-order valence-corrected chi connectivity index (χ4v) is 6.51. The van der Waals surface area contributed by atoms with Gasteiger partial charge in [-0.3, -0.25) is 14.4 Å². The molecule has 11 heteroatoms. The van der Waals surface area contributed by atoms with Crippen LogP contribution in [0.3, 0.4) is 0 Å². The van der Waals surface area contributed by atoms with Crippen LogP contribution in [0, 0.1) is 11.3 Å². The molecule has 0 aromatic heterocycles. The predicted octanol–water partition coefficient (Wildman–Crippen LogP) is 5.19. The number of rotatable bonds is 11. The molecule has 1 aromatic rings. The average Bonchev–Trinajstić information content (AvgIpc) is 3.76. The first-order valence-corrected chi connectivity index (χ1v) is 17.4. The zero-order valence-electron chi connectivity index (χ0n) is 29.4. The van der Waals surface area contributed by atoms with Crippen molar-refractivity contribution in [3.63, 3.8) is 0 Å². The van der Waals surface area contributed by atoms with Crippen LogP contribution in [-0.4, -0.2) is 69.2 Å². The molecule has 3 atom stereocenters. The number of hydrogen-bond donors (Lipinski definition) is 4. The van der Waals surface area contributed by atoms with E-state index < -0.39 is 5.41 Å². The molecular weight excluding hydrogens is 625 g/mol. The lowest BCUT2D eigenvalue weighted by molar-refractivity contribution is -0.125. The second-order valence-electron chi connectivity index (χ2n) is 11.5. The van der Waals surface area contributed by atoms with E-state index in [1.165, 1.54) is 12.5 Å². The largest absolute Gasteiger partial charge is 0.375 e. The average molecular weight is 681 g/mol. The number of likely N-dealkylation sites (tertiary alicyclic amines) is 1. The van der Waals surface area contributed by atoms with Crippen LogP contribution in [0.15, 0.2) is 85.2 Å². The van der Waals surface area contributed by atoms with E-state index in [9.17, 15) is 14.4 Å². The number of fused-ring (bicyclic) bond motifs is 3. The summed E-state index contributed by atoms with van der Waals surface area (Å²) in [6, 6.07) is 8.26. The van der Waals surface area contributed by atoms with Crippen molar-refractivity contribution in [2.75, 3.05) is 45.2 Å². The van der Waals surface area contributed by atoms with E-state index in [-0.39, 0.29) is 17.7 Å². The highest BCUT2D eigenvalue weighted by Crippen LogP contribution is 2.50. The molecule has 0 aliphatic carbocycles. The number of carbonyl (C=O) groups excluding carboxylic acids is 4. The molecule has 3 aliphatic heterocycles. The van der Waals surface area contributed by atoms with Crippen molar-refractivity contribution in [1.29, 1.82) is 0 Å². The smallest absolute Gasteiger partial charge is 0.251 e. The molecule has 1 fully saturated rings. The summed E-state index contributed by atoms with van der Waals surface area (Å²) in [5.41, 5.74) is 6.24. The minimum Gasteiger partial charge on any atom is -0.375 e. The van der Waals surface area contributed by atoms with Crippen molar-refractivity contribution in [3.8, 4) is 0 Å². The normalized spacial score (nSPS) is 18.9. The van der Waals surface area contributed by atoms with Gasteiger partial charge in [0.15, 0.2) is 0 Å². The van der Waals surface area contributed by atoms with Crippen molar-refractivity contribution in [2.45, 2.75) is 58.1 Å². The van der Waals surface area contributed by atoms with E-state index >= 15 is 0 Å². The Bertz CT molecular complexity index is 1280. The molecule has 0 saturated carbocycles. The van der Waals surface area contributed by atoms with E-state index in [4.69, 9.17) is 10.5 Å². The fourth-order valence-electron chi connectivity index (χ4n) is 5.27. The minimum atomic E-state index is -0.779. The Kier molecular flexibility index (Phi) is 20.3. The minimum absolute atomic E-state index is 0.0382. The van der Waals surface area contributed by atoms with Gasteiger partial charge in [-0.05, 0) is 76.5 Å². The number of para-hydroxylation sites is 1. The molecule has 0 bridgehead atoms. The summed E-state index contributed by atoms with van der Waals surface area (Å²) in [5.74, 6) is 0.866. The van der Waals surface area contributed by atoms with E-state index in [0.717, 1.165) is 50.1 Å². The molecule has 0 radical (unpaired) electrons. The maximum Gasteiger partial charge on any atom is 0.251 e. The first kappa shape index (κ1) is 41.9. The van der Waals surface area contributed by atoms with Gasteiger partial charge in [-0.1, -0.05) is 42.5 Å². The lowest BCUT2D eigenvalue weighted by Crippen LogP contribution is -2.42. The highest BCUT2D eigenvalue weighted by Gasteiger charge is 2.38. The van der Waals surface area contributed by atoms with Gasteiger partial charge in [0.05, 0.1) is 5.41 Å². The number of primary amides is 1. The zero-order chi connectivity index (χ0) is 36.0. The van der Waals surface area contributed by atoms with E-state index in [2.05, 4.69) is 63.7 Å². The van der Waals surface area contributed by atoms with Crippen LogP contribution in [0.1, 0.15) is 63.7 Å². The Morgan fingerprint density at radius 3 is 2.31 bits per heavy atom. The summed E-state index contributed by atoms with van der Waals surface area (Å²) in [5, 5.41) is 11.3. The standard InChI is InChI=1S/C28H36N4O2S.C4H10N2O.C3H6.C2H4O/c1-4-28(2,14-9-15-30-25(33)20-24(29-3)31-16-7-8-17-31)27(34)32-18-12-21-13-19-35-26(21)22-10-5-6-11-23(22)32;1-6-3-2-4(5)7;1-3-2;1-2-3/h4-6,9-11,13,15,19-21,26,29H,1,7-8,12,14,16-18H2,2-3H3,(H,30,33);6H,2-3H2,1H3,(H2,5,7);3H,1H2,2H3;2H,1H3/b15-9+,24-20-;;;. The maximum absolute atomic E-state index is 13.8. The third kappa shape index (κ3) is 13.6. The number of thioether (sulfide) groups is 1. The highest BCUT2D eigenvalue weighted by atomic mass is 32.2. The van der Waals surface area contributed by atoms with Gasteiger partial charge >= 0.3 is 0 Å². The molecule has 1 saturated heterocycles. The third-order valence-electron chi connectivity index (χ3n) is 7.82. The van der Waals surface area contributed by atoms with Gasteiger partial charge in [0.25, 0.3) is 5.91 Å². The number of nitrogens with two attached hydrogens (primary N) is 1. The molecule has 3 aliphatic rings. The number of amides is 3. The lowest BCUT2D eigenvalue weighted by atomic mass is 9.85. The molecule has 1 aromatic carbocycles. The molecule has 3 amide bonds. The number of hydrogen-bond acceptors (Lipinski definition) is 8. The molecule has 10 nitrogen and oxygen atoms in total. The number of aldehydes is 1. The summed E-state index contributed by atoms with van der Waals surface area (Å²) < 4.78 is 0. The summed E-state index contributed by atoms with van der Waals surface area (Å²) in [6.07, 6.45) is 15.7. The van der Waals surface area contributed by atoms with Crippen LogP contribution in [0.4, 0.5) is 5.69 Å². The Balaban J connectivity index is 0.000000758. The summed E-state index contributed by atoms with van der Waals surface area (Å²) in [4.78, 5) is 49.1. The quantitative estimate of drug-likeness (QED) is 0.143. The maximum atomic E-state index is 13.8. The van der Waals surface area contributed by atoms with Gasteiger partial charge in [0.1, 0.15) is 12.1 Å². The van der Waals surface area contributed by atoms with Gasteiger partial charge in [0, 0.05) is 62.9 Å². The first-order valence-electron chi connectivity index (χ1n) is 16.4. The summed E-state index contributed by atoms with van der Waals surface area (Å²) >= 11 is 1.84. The van der Waals surface area contributed by atoms with Crippen LogP contribution in [0.2, 0.25) is 0 Å². The molecule has 48 heavy (non-hydrogen) atoms. The SMILES string of the molecule is C=CC.C=CC(C)(C/C=C/NC(=O)/C=C(/NC)N1CCCC1)C(=O)N1CCC2C=CSC2c2ccccc21.CC=O.CNCCC(N)=O. The van der Waals surface area contributed by atoms with E-state index in [0.29, 0.717) is 37.1 Å². The predicted molar refractivity (Wildman–Crippen MR) is 200 cm³/mol. The molecule has 3 heterocycles. The summed E-state index contributed by atoms with van der Waals surface area (Å²) in [6.45, 7) is 15.9. The number of nitrogens with one attached hydrogen (secondary N) is 3. The molecule has 3 unspecified atom stereocenters. The van der Waals surface area contributed by atoms with Gasteiger partial charge in [0.2, 0.25) is 11.8 Å². The van der Waals surface area contributed by atoms with Gasteiger partial charge in [-0.25, -0.2) is 0 Å². The monoisotopic (exact) mass is 680 g/mol. The topological polar surface area (TPSA) is 137 Å². The number of carbonyl (C=O) groups is 4. The van der Waals surface area contributed by atoms with E-state index in [1.54, 1.807) is 31.5 Å². The Labute approximate surface area is 292 Å². The van der Waals surface area contributed by atoms with Crippen LogP contribution < -0.4 is 26.6 Å². The first-order chi connectivity index (χ1) is 23.1. The molecule has 264 valence electrons. The van der Waals surface area contributed by atoms with Crippen molar-refractivity contribution in [2.24, 2.45) is 17.1 Å². The Morgan fingerprint density at radius 2 is 1.75 bits per heavy atom. The molecule has 5 N–H and O–H groups in total. The fraction of sp³-hybridized carbons (Fsp3) is 0.459. The second-order valence-corrected chi connectivity index (χ2v) is 12.6. The summed E-state index contributed by atoms with van der Waals surface area (Å²) in [7, 11) is 3.61. The van der Waals surface area contributed by atoms with Crippen molar-refractivity contribution >= 4 is 41.5 Å². The van der Waals surface area contributed by atoms with Crippen LogP contribution in [-0.2, 0) is 19.2 Å². The Morgan fingerprint density at radius 1 is 1.10 bits per heavy atom. The number of anilines is 1. The second kappa shape index (κ2) is 23.3. The molecule has 0 spiro atoms. The van der Waals surface area contributed by atoms with Gasteiger partial charge in [-0.15, -0.1) is 24.9 Å². The Hall–Kier alpha value is -4.09. The van der Waals surface area contributed by atoms with Gasteiger partial charge in [-0.2, -0.15) is 0 Å². The van der Waals surface area contributed by atoms with E-state index in [1.807, 2.05) is 49.7 Å². The van der Waals surface area contributed by atoms with Crippen LogP contribution >= 0.6 is 11.8 Å². The molecular formula is C37H56N6O4S. The third-order valence-corrected chi connectivity index (χ3v) is 9.03. The lowest BCUT2D eigenvalue weighted by Gasteiger charge is -2.32. The van der Waals surface area contributed by atoms with Crippen molar-refractivity contribution in [3.05, 3.63) is 90.8 Å².